The van der Waals surface area contributed by atoms with Crippen LogP contribution in [0.4, 0.5) is 14.5 Å². The molecule has 1 saturated heterocycles. The summed E-state index contributed by atoms with van der Waals surface area (Å²) in [5, 5.41) is 6.98. The van der Waals surface area contributed by atoms with Gasteiger partial charge in [-0.15, -0.1) is 0 Å². The van der Waals surface area contributed by atoms with Gasteiger partial charge in [0.1, 0.15) is 11.4 Å². The maximum Gasteiger partial charge on any atom is 0.255 e. The maximum absolute atomic E-state index is 14.8. The highest BCUT2D eigenvalue weighted by Crippen LogP contribution is 2.28. The molecule has 36 heavy (non-hydrogen) atoms. The normalized spacial score (nSPS) is 14.7. The molecule has 10 heteroatoms. The molecular weight excluding hydrogens is 488 g/mol. The summed E-state index contributed by atoms with van der Waals surface area (Å²) in [7, 11) is 2.14. The van der Waals surface area contributed by atoms with Crippen LogP contribution in [-0.4, -0.2) is 71.9 Å². The summed E-state index contributed by atoms with van der Waals surface area (Å²) >= 11 is 6.11. The number of anilines is 1. The lowest BCUT2D eigenvalue weighted by molar-refractivity contribution is 0.102. The van der Waals surface area contributed by atoms with Crippen LogP contribution < -0.4 is 10.1 Å². The first-order chi connectivity index (χ1) is 17.2. The number of aryl methyl sites for hydroxylation is 1. The third-order valence-corrected chi connectivity index (χ3v) is 6.84. The predicted octanol–water partition coefficient (Wildman–Crippen LogP) is 4.69. The monoisotopic (exact) mass is 517 g/mol. The van der Waals surface area contributed by atoms with Gasteiger partial charge in [0.25, 0.3) is 5.91 Å². The number of hydrogen-bond donors (Lipinski definition) is 1. The summed E-state index contributed by atoms with van der Waals surface area (Å²) in [5.74, 6) is -1.56. The second-order valence-corrected chi connectivity index (χ2v) is 9.39. The van der Waals surface area contributed by atoms with Crippen molar-refractivity contribution in [3.8, 4) is 11.4 Å². The Balaban J connectivity index is 1.32. The standard InChI is InChI=1S/C26H30ClF2N5O2/c1-17-24(27)18(2)34(31-17)25-22(28)15-20(16-23(25)29)30-26(35)19-5-7-21(8-6-19)36-14-4-9-33-12-10-32(3)11-13-33/h5-8,15-16H,4,9-14H2,1-3H3,(H,30,35). The zero-order chi connectivity index (χ0) is 25.8. The lowest BCUT2D eigenvalue weighted by Crippen LogP contribution is -2.44. The topological polar surface area (TPSA) is 62.6 Å². The first kappa shape index (κ1) is 26.1. The van der Waals surface area contributed by atoms with Gasteiger partial charge in [-0.1, -0.05) is 11.6 Å². The third-order valence-electron chi connectivity index (χ3n) is 6.29. The number of amides is 1. The summed E-state index contributed by atoms with van der Waals surface area (Å²) < 4.78 is 36.5. The van der Waals surface area contributed by atoms with Gasteiger partial charge in [0.15, 0.2) is 11.6 Å². The Bertz CT molecular complexity index is 1200. The molecule has 2 aromatic carbocycles. The first-order valence-electron chi connectivity index (χ1n) is 11.9. The largest absolute Gasteiger partial charge is 0.494 e. The van der Waals surface area contributed by atoms with E-state index in [9.17, 15) is 13.6 Å². The fourth-order valence-electron chi connectivity index (χ4n) is 4.14. The molecule has 2 heterocycles. The minimum atomic E-state index is -0.868. The number of hydrogen-bond acceptors (Lipinski definition) is 5. The predicted molar refractivity (Wildman–Crippen MR) is 136 cm³/mol. The van der Waals surface area contributed by atoms with E-state index in [2.05, 4.69) is 27.3 Å². The number of nitrogens with zero attached hydrogens (tertiary/aromatic N) is 4. The van der Waals surface area contributed by atoms with Crippen molar-refractivity contribution in [1.29, 1.82) is 0 Å². The molecule has 1 fully saturated rings. The fraction of sp³-hybridized carbons (Fsp3) is 0.385. The molecule has 4 rings (SSSR count). The van der Waals surface area contributed by atoms with Crippen molar-refractivity contribution >= 4 is 23.2 Å². The van der Waals surface area contributed by atoms with E-state index in [0.717, 1.165) is 56.0 Å². The molecule has 0 radical (unpaired) electrons. The smallest absolute Gasteiger partial charge is 0.255 e. The van der Waals surface area contributed by atoms with Crippen molar-refractivity contribution in [2.45, 2.75) is 20.3 Å². The van der Waals surface area contributed by atoms with Crippen LogP contribution in [0.5, 0.6) is 5.75 Å². The summed E-state index contributed by atoms with van der Waals surface area (Å²) in [6, 6.07) is 8.76. The van der Waals surface area contributed by atoms with Gasteiger partial charge in [-0.25, -0.2) is 13.5 Å². The van der Waals surface area contributed by atoms with E-state index >= 15 is 0 Å². The molecule has 1 aliphatic rings. The number of carbonyl (C=O) groups excluding carboxylic acids is 1. The zero-order valence-corrected chi connectivity index (χ0v) is 21.4. The van der Waals surface area contributed by atoms with Crippen LogP contribution in [-0.2, 0) is 0 Å². The van der Waals surface area contributed by atoms with Crippen molar-refractivity contribution in [3.05, 3.63) is 70.0 Å². The molecule has 192 valence electrons. The van der Waals surface area contributed by atoms with Gasteiger partial charge in [0.05, 0.1) is 23.0 Å². The van der Waals surface area contributed by atoms with E-state index in [1.165, 1.54) is 0 Å². The number of carbonyl (C=O) groups is 1. The second-order valence-electron chi connectivity index (χ2n) is 9.01. The number of benzene rings is 2. The maximum atomic E-state index is 14.8. The number of piperazine rings is 1. The molecule has 1 aromatic heterocycles. The number of rotatable bonds is 8. The van der Waals surface area contributed by atoms with Gasteiger partial charge >= 0.3 is 0 Å². The highest BCUT2D eigenvalue weighted by molar-refractivity contribution is 6.31. The summed E-state index contributed by atoms with van der Waals surface area (Å²) in [6.45, 7) is 9.19. The van der Waals surface area contributed by atoms with Gasteiger partial charge < -0.3 is 19.9 Å². The van der Waals surface area contributed by atoms with E-state index in [4.69, 9.17) is 16.3 Å². The lowest BCUT2D eigenvalue weighted by atomic mass is 10.2. The van der Waals surface area contributed by atoms with Gasteiger partial charge in [-0.3, -0.25) is 4.79 Å². The van der Waals surface area contributed by atoms with Crippen LogP contribution in [0.2, 0.25) is 5.02 Å². The zero-order valence-electron chi connectivity index (χ0n) is 20.7. The number of nitrogens with one attached hydrogen (secondary N) is 1. The molecule has 0 aliphatic carbocycles. The van der Waals surface area contributed by atoms with E-state index in [0.29, 0.717) is 34.3 Å². The van der Waals surface area contributed by atoms with E-state index in [1.807, 2.05) is 0 Å². The lowest BCUT2D eigenvalue weighted by Gasteiger charge is -2.32. The Morgan fingerprint density at radius 3 is 2.31 bits per heavy atom. The van der Waals surface area contributed by atoms with Crippen LogP contribution in [0.15, 0.2) is 36.4 Å². The summed E-state index contributed by atoms with van der Waals surface area (Å²) in [5.41, 5.74) is 0.874. The minimum Gasteiger partial charge on any atom is -0.494 e. The van der Waals surface area contributed by atoms with Crippen molar-refractivity contribution in [1.82, 2.24) is 19.6 Å². The second kappa shape index (κ2) is 11.4. The average molecular weight is 518 g/mol. The van der Waals surface area contributed by atoms with E-state index in [-0.39, 0.29) is 11.4 Å². The highest BCUT2D eigenvalue weighted by atomic mass is 35.5. The highest BCUT2D eigenvalue weighted by Gasteiger charge is 2.20. The number of halogens is 3. The third kappa shape index (κ3) is 6.03. The van der Waals surface area contributed by atoms with Gasteiger partial charge in [0, 0.05) is 44.0 Å². The van der Waals surface area contributed by atoms with Crippen molar-refractivity contribution in [2.75, 3.05) is 51.7 Å². The van der Waals surface area contributed by atoms with Crippen LogP contribution in [0, 0.1) is 25.5 Å². The summed E-state index contributed by atoms with van der Waals surface area (Å²) in [6.07, 6.45) is 0.920. The number of likely N-dealkylation sites (N-methyl/N-ethyl adjacent to an activating group) is 1. The Morgan fingerprint density at radius 1 is 1.08 bits per heavy atom. The van der Waals surface area contributed by atoms with Crippen LogP contribution in [0.1, 0.15) is 28.2 Å². The SMILES string of the molecule is Cc1nn(-c2c(F)cc(NC(=O)c3ccc(OCCCN4CCN(C)CC4)cc3)cc2F)c(C)c1Cl. The Hall–Kier alpha value is -3.01. The van der Waals surface area contributed by atoms with Crippen molar-refractivity contribution in [3.63, 3.8) is 0 Å². The fourth-order valence-corrected chi connectivity index (χ4v) is 4.25. The number of aromatic nitrogens is 2. The first-order valence-corrected chi connectivity index (χ1v) is 12.3. The molecule has 1 amide bonds. The Labute approximate surface area is 214 Å². The number of ether oxygens (including phenoxy) is 1. The van der Waals surface area contributed by atoms with E-state index < -0.39 is 17.5 Å². The molecule has 3 aromatic rings. The molecule has 0 bridgehead atoms. The summed E-state index contributed by atoms with van der Waals surface area (Å²) in [4.78, 5) is 17.4. The average Bonchev–Trinajstić information content (AvgIpc) is 3.10. The molecule has 7 nitrogen and oxygen atoms in total. The molecule has 1 aliphatic heterocycles. The Morgan fingerprint density at radius 2 is 1.72 bits per heavy atom. The molecule has 0 atom stereocenters. The van der Waals surface area contributed by atoms with Crippen LogP contribution in [0.25, 0.3) is 5.69 Å². The van der Waals surface area contributed by atoms with Crippen LogP contribution in [0.3, 0.4) is 0 Å². The van der Waals surface area contributed by atoms with Crippen molar-refractivity contribution < 1.29 is 18.3 Å². The van der Waals surface area contributed by atoms with Crippen molar-refractivity contribution in [2.24, 2.45) is 0 Å². The van der Waals surface area contributed by atoms with E-state index in [1.54, 1.807) is 38.1 Å². The quantitative estimate of drug-likeness (QED) is 0.439. The minimum absolute atomic E-state index is 0.00406. The van der Waals surface area contributed by atoms with Gasteiger partial charge in [-0.2, -0.15) is 5.10 Å². The molecule has 0 spiro atoms. The molecule has 0 unspecified atom stereocenters. The molecular formula is C26H30ClF2N5O2. The van der Waals surface area contributed by atoms with Gasteiger partial charge in [-0.05, 0) is 63.7 Å². The van der Waals surface area contributed by atoms with Crippen LogP contribution >= 0.6 is 11.6 Å². The molecule has 1 N–H and O–H groups in total. The van der Waals surface area contributed by atoms with Gasteiger partial charge in [0.2, 0.25) is 0 Å². The molecule has 0 saturated carbocycles. The Kier molecular flexibility index (Phi) is 8.23.